The molecule has 9 heteroatoms. The molecule has 3 aromatic rings. The summed E-state index contributed by atoms with van der Waals surface area (Å²) in [5.41, 5.74) is 5.94. The lowest BCUT2D eigenvalue weighted by molar-refractivity contribution is -0.128. The van der Waals surface area contributed by atoms with Crippen molar-refractivity contribution in [3.05, 3.63) is 93.3 Å². The van der Waals surface area contributed by atoms with E-state index in [1.54, 1.807) is 13.2 Å². The summed E-state index contributed by atoms with van der Waals surface area (Å²) >= 11 is 6.22. The van der Waals surface area contributed by atoms with E-state index in [0.717, 1.165) is 77.1 Å². The van der Waals surface area contributed by atoms with Gasteiger partial charge in [0.2, 0.25) is 0 Å². The smallest absolute Gasteiger partial charge is 0.252 e. The minimum atomic E-state index is -0.454. The molecule has 2 aliphatic heterocycles. The topological polar surface area (TPSA) is 72.1 Å². The van der Waals surface area contributed by atoms with Crippen molar-refractivity contribution in [3.63, 3.8) is 0 Å². The van der Waals surface area contributed by atoms with Crippen LogP contribution in [0.1, 0.15) is 54.4 Å². The number of rotatable bonds is 13. The molecule has 0 aromatic heterocycles. The molecule has 2 N–H and O–H groups in total. The zero-order chi connectivity index (χ0) is 32.2. The number of aryl methyl sites for hydroxylation is 1. The number of ether oxygens (including phenoxy) is 3. The molecule has 2 heterocycles. The number of benzene rings is 3. The summed E-state index contributed by atoms with van der Waals surface area (Å²) in [5, 5.41) is 7.56. The molecule has 7 nitrogen and oxygen atoms in total. The van der Waals surface area contributed by atoms with Crippen molar-refractivity contribution in [3.8, 4) is 17.2 Å². The van der Waals surface area contributed by atoms with E-state index >= 15 is 0 Å². The molecular weight excluding hydrogens is 605 g/mol. The van der Waals surface area contributed by atoms with Gasteiger partial charge in [-0.2, -0.15) is 0 Å². The van der Waals surface area contributed by atoms with Gasteiger partial charge in [0.15, 0.2) is 11.6 Å². The third-order valence-corrected chi connectivity index (χ3v) is 9.68. The van der Waals surface area contributed by atoms with E-state index in [1.807, 2.05) is 31.2 Å². The summed E-state index contributed by atoms with van der Waals surface area (Å²) < 4.78 is 31.5. The molecule has 244 valence electrons. The highest BCUT2D eigenvalue weighted by atomic mass is 35.5. The highest BCUT2D eigenvalue weighted by Gasteiger charge is 2.41. The molecule has 6 rings (SSSR count). The molecule has 0 radical (unpaired) electrons. The van der Waals surface area contributed by atoms with Crippen LogP contribution in [0.25, 0.3) is 5.57 Å². The molecule has 1 amide bonds. The first-order valence-corrected chi connectivity index (χ1v) is 16.7. The van der Waals surface area contributed by atoms with E-state index in [9.17, 15) is 9.18 Å². The number of carbonyl (C=O) groups excluding carboxylic acids is 1. The van der Waals surface area contributed by atoms with Crippen molar-refractivity contribution in [2.24, 2.45) is 0 Å². The molecular formula is C37H43ClFN3O4. The lowest BCUT2D eigenvalue weighted by Gasteiger charge is -2.41. The Kier molecular flexibility index (Phi) is 10.2. The maximum atomic E-state index is 14.5. The summed E-state index contributed by atoms with van der Waals surface area (Å²) in [4.78, 5) is 16.6. The number of nitrogens with one attached hydrogen (secondary N) is 2. The summed E-state index contributed by atoms with van der Waals surface area (Å²) in [5.74, 6) is 1.36. The standard InChI is InChI=1S/C37H43ClFN3O4/c1-23-12-15-31(39)36(35(23)38)46-17-5-4-16-45-29-10-6-8-25(18-29)30-19-27-20-40-21-32(41-27)34(30)37(43)42(28-13-14-28)22-26-9-7-11-33(44-3)24(26)2/h6-12,15,18,27-28,32,40-41H,4-5,13-14,16-17,19-22H2,1-3H3/t27-,32-/m1/s1. The Hall–Kier alpha value is -3.59. The van der Waals surface area contributed by atoms with Crippen LogP contribution in [0.15, 0.2) is 60.2 Å². The number of nitrogens with zero attached hydrogens (tertiary/aromatic N) is 1. The first-order valence-electron chi connectivity index (χ1n) is 16.3. The van der Waals surface area contributed by atoms with Crippen molar-refractivity contribution < 1.29 is 23.4 Å². The van der Waals surface area contributed by atoms with E-state index in [2.05, 4.69) is 40.7 Å². The summed E-state index contributed by atoms with van der Waals surface area (Å²) in [7, 11) is 1.69. The van der Waals surface area contributed by atoms with Crippen molar-refractivity contribution in [2.75, 3.05) is 33.4 Å². The molecule has 1 aliphatic carbocycles. The molecule has 3 aromatic carbocycles. The van der Waals surface area contributed by atoms with Gasteiger partial charge in [-0.1, -0.05) is 41.9 Å². The second-order valence-electron chi connectivity index (χ2n) is 12.5. The fourth-order valence-electron chi connectivity index (χ4n) is 6.49. The zero-order valence-electron chi connectivity index (χ0n) is 26.8. The Morgan fingerprint density at radius 2 is 1.80 bits per heavy atom. The van der Waals surface area contributed by atoms with Crippen molar-refractivity contribution in [2.45, 2.75) is 70.6 Å². The number of unbranched alkanes of at least 4 members (excludes halogenated alkanes) is 1. The summed E-state index contributed by atoms with van der Waals surface area (Å²) in [6.07, 6.45) is 4.25. The molecule has 1 saturated carbocycles. The lowest BCUT2D eigenvalue weighted by Crippen LogP contribution is -2.60. The average Bonchev–Trinajstić information content (AvgIpc) is 3.91. The molecule has 2 fully saturated rings. The normalized spacial score (nSPS) is 19.2. The Morgan fingerprint density at radius 1 is 1.02 bits per heavy atom. The van der Waals surface area contributed by atoms with Crippen molar-refractivity contribution in [1.82, 2.24) is 15.5 Å². The van der Waals surface area contributed by atoms with E-state index in [4.69, 9.17) is 25.8 Å². The third kappa shape index (κ3) is 7.19. The first kappa shape index (κ1) is 32.4. The van der Waals surface area contributed by atoms with Gasteiger partial charge in [0.1, 0.15) is 11.5 Å². The number of piperazine rings is 1. The van der Waals surface area contributed by atoms with Crippen LogP contribution >= 0.6 is 11.6 Å². The second-order valence-corrected chi connectivity index (χ2v) is 12.9. The molecule has 2 bridgehead atoms. The van der Waals surface area contributed by atoms with Crippen molar-refractivity contribution >= 4 is 23.1 Å². The van der Waals surface area contributed by atoms with Crippen LogP contribution in [0.4, 0.5) is 4.39 Å². The third-order valence-electron chi connectivity index (χ3n) is 9.21. The number of hydrogen-bond donors (Lipinski definition) is 2. The quantitative estimate of drug-likeness (QED) is 0.203. The highest BCUT2D eigenvalue weighted by molar-refractivity contribution is 6.32. The van der Waals surface area contributed by atoms with Crippen LogP contribution in [-0.4, -0.2) is 62.3 Å². The fourth-order valence-corrected chi connectivity index (χ4v) is 6.70. The van der Waals surface area contributed by atoms with Crippen LogP contribution in [0.3, 0.4) is 0 Å². The summed E-state index contributed by atoms with van der Waals surface area (Å²) in [6.45, 7) is 6.87. The monoisotopic (exact) mass is 647 g/mol. The molecule has 3 aliphatic rings. The predicted octanol–water partition coefficient (Wildman–Crippen LogP) is 6.62. The van der Waals surface area contributed by atoms with Gasteiger partial charge < -0.3 is 29.7 Å². The van der Waals surface area contributed by atoms with Crippen LogP contribution in [0.5, 0.6) is 17.2 Å². The number of carbonyl (C=O) groups is 1. The van der Waals surface area contributed by atoms with Crippen LogP contribution < -0.4 is 24.8 Å². The molecule has 2 atom stereocenters. The van der Waals surface area contributed by atoms with Crippen LogP contribution in [0.2, 0.25) is 5.02 Å². The lowest BCUT2D eigenvalue weighted by atomic mass is 9.83. The Morgan fingerprint density at radius 3 is 2.59 bits per heavy atom. The van der Waals surface area contributed by atoms with E-state index in [1.165, 1.54) is 6.07 Å². The van der Waals surface area contributed by atoms with Gasteiger partial charge in [-0.25, -0.2) is 4.39 Å². The first-order chi connectivity index (χ1) is 22.3. The van der Waals surface area contributed by atoms with E-state index < -0.39 is 5.82 Å². The highest BCUT2D eigenvalue weighted by Crippen LogP contribution is 2.38. The van der Waals surface area contributed by atoms with Crippen molar-refractivity contribution in [1.29, 1.82) is 0 Å². The van der Waals surface area contributed by atoms with E-state index in [-0.39, 0.29) is 29.8 Å². The average molecular weight is 648 g/mol. The fraction of sp³-hybridized carbons (Fsp3) is 0.432. The van der Waals surface area contributed by atoms with Gasteiger partial charge in [-0.15, -0.1) is 0 Å². The Bertz CT molecular complexity index is 1610. The molecule has 0 spiro atoms. The number of amides is 1. The number of halogens is 2. The van der Waals surface area contributed by atoms with Gasteiger partial charge in [-0.3, -0.25) is 4.79 Å². The molecule has 1 saturated heterocycles. The van der Waals surface area contributed by atoms with Crippen LogP contribution in [-0.2, 0) is 11.3 Å². The van der Waals surface area contributed by atoms with Gasteiger partial charge >= 0.3 is 0 Å². The number of methoxy groups -OCH3 is 1. The Labute approximate surface area is 276 Å². The predicted molar refractivity (Wildman–Crippen MR) is 179 cm³/mol. The SMILES string of the molecule is COc1cccc(CN(C(=O)C2=C(c3cccc(OCCCCOc4c(F)ccc(C)c4Cl)c3)C[C@@H]3CNC[C@H]2N3)C2CC2)c1C. The maximum absolute atomic E-state index is 14.5. The van der Waals surface area contributed by atoms with Gasteiger partial charge in [-0.05, 0) is 98.0 Å². The largest absolute Gasteiger partial charge is 0.496 e. The number of fused-ring (bicyclic) bond motifs is 2. The van der Waals surface area contributed by atoms with Crippen LogP contribution in [0, 0.1) is 19.7 Å². The Balaban J connectivity index is 1.16. The minimum absolute atomic E-state index is 0.0565. The minimum Gasteiger partial charge on any atom is -0.496 e. The van der Waals surface area contributed by atoms with Gasteiger partial charge in [0.25, 0.3) is 5.91 Å². The number of hydrogen-bond acceptors (Lipinski definition) is 6. The second kappa shape index (κ2) is 14.4. The molecule has 0 unspecified atom stereocenters. The zero-order valence-corrected chi connectivity index (χ0v) is 27.6. The maximum Gasteiger partial charge on any atom is 0.252 e. The summed E-state index contributed by atoms with van der Waals surface area (Å²) in [6, 6.07) is 17.6. The van der Waals surface area contributed by atoms with Gasteiger partial charge in [0.05, 0.1) is 31.4 Å². The molecule has 46 heavy (non-hydrogen) atoms. The van der Waals surface area contributed by atoms with E-state index in [0.29, 0.717) is 37.7 Å². The van der Waals surface area contributed by atoms with Gasteiger partial charge in [0, 0.05) is 37.3 Å².